The molecule has 1 aromatic carbocycles. The lowest BCUT2D eigenvalue weighted by Gasteiger charge is -2.40. The average molecular weight is 408 g/mol. The summed E-state index contributed by atoms with van der Waals surface area (Å²) in [5.74, 6) is -1.89. The second kappa shape index (κ2) is 8.44. The van der Waals surface area contributed by atoms with E-state index in [1.54, 1.807) is 24.3 Å². The van der Waals surface area contributed by atoms with Gasteiger partial charge in [0.25, 0.3) is 5.91 Å². The highest BCUT2D eigenvalue weighted by Gasteiger charge is 2.56. The highest BCUT2D eigenvalue weighted by molar-refractivity contribution is 6.20. The lowest BCUT2D eigenvalue weighted by molar-refractivity contribution is -0.147. The van der Waals surface area contributed by atoms with Crippen molar-refractivity contribution in [2.24, 2.45) is 5.41 Å². The Kier molecular flexibility index (Phi) is 5.96. The molecule has 3 N–H and O–H groups in total. The van der Waals surface area contributed by atoms with Crippen molar-refractivity contribution >= 4 is 23.8 Å². The number of amides is 5. The molecule has 2 aromatic rings. The van der Waals surface area contributed by atoms with Crippen LogP contribution in [0, 0.1) is 19.3 Å². The first-order valence-corrected chi connectivity index (χ1v) is 9.74. The minimum atomic E-state index is -1.68. The van der Waals surface area contributed by atoms with Gasteiger partial charge in [-0.05, 0) is 50.1 Å². The van der Waals surface area contributed by atoms with Gasteiger partial charge < -0.3 is 5.32 Å². The van der Waals surface area contributed by atoms with E-state index in [0.29, 0.717) is 17.5 Å². The molecule has 2 heterocycles. The van der Waals surface area contributed by atoms with Gasteiger partial charge in [-0.25, -0.2) is 4.79 Å². The number of aryl methyl sites for hydroxylation is 2. The molecule has 5 amide bonds. The molecule has 8 heteroatoms. The van der Waals surface area contributed by atoms with E-state index in [1.807, 2.05) is 26.8 Å². The summed E-state index contributed by atoms with van der Waals surface area (Å²) in [6.45, 7) is 5.60. The summed E-state index contributed by atoms with van der Waals surface area (Å²) < 4.78 is 0. The van der Waals surface area contributed by atoms with Gasteiger partial charge in [0.1, 0.15) is 0 Å². The summed E-state index contributed by atoms with van der Waals surface area (Å²) in [5.41, 5.74) is 1.12. The standard InChI is InChI=1S/C22H24N4O4/c1-4-7-22(19(28)25-21(30)26-20(22)29)17(15-5-8-23-9-6-15)24-18(27)16-11-13(2)10-14(3)12-16/h5-6,8-12,17H,4,7H2,1-3H3,(H,24,27)(H2,25,26,28,29,30). The number of carbonyl (C=O) groups excluding carboxylic acids is 4. The van der Waals surface area contributed by atoms with Crippen molar-refractivity contribution in [3.05, 3.63) is 65.0 Å². The van der Waals surface area contributed by atoms with Crippen LogP contribution in [0.3, 0.4) is 0 Å². The van der Waals surface area contributed by atoms with Gasteiger partial charge in [-0.2, -0.15) is 0 Å². The van der Waals surface area contributed by atoms with Crippen molar-refractivity contribution in [2.75, 3.05) is 0 Å². The van der Waals surface area contributed by atoms with Crippen LogP contribution in [0.5, 0.6) is 0 Å². The average Bonchev–Trinajstić information content (AvgIpc) is 2.69. The molecule has 3 rings (SSSR count). The molecule has 1 saturated heterocycles. The van der Waals surface area contributed by atoms with Crippen molar-refractivity contribution in [1.29, 1.82) is 0 Å². The van der Waals surface area contributed by atoms with Crippen molar-refractivity contribution < 1.29 is 19.2 Å². The normalized spacial score (nSPS) is 16.4. The fourth-order valence-corrected chi connectivity index (χ4v) is 3.96. The van der Waals surface area contributed by atoms with E-state index in [4.69, 9.17) is 0 Å². The molecule has 1 aliphatic heterocycles. The smallest absolute Gasteiger partial charge is 0.328 e. The molecule has 1 fully saturated rings. The molecule has 0 spiro atoms. The molecular weight excluding hydrogens is 384 g/mol. The zero-order valence-electron chi connectivity index (χ0n) is 17.1. The zero-order chi connectivity index (χ0) is 21.9. The number of pyridine rings is 1. The summed E-state index contributed by atoms with van der Waals surface area (Å²) in [5, 5.41) is 7.26. The van der Waals surface area contributed by atoms with E-state index >= 15 is 0 Å². The van der Waals surface area contributed by atoms with Crippen LogP contribution in [0.4, 0.5) is 4.79 Å². The minimum absolute atomic E-state index is 0.137. The first-order valence-electron chi connectivity index (χ1n) is 9.74. The molecule has 0 saturated carbocycles. The maximum absolute atomic E-state index is 13.1. The van der Waals surface area contributed by atoms with E-state index in [1.165, 1.54) is 12.4 Å². The second-order valence-corrected chi connectivity index (χ2v) is 7.52. The molecule has 8 nitrogen and oxygen atoms in total. The number of aromatic nitrogens is 1. The Bertz CT molecular complexity index is 963. The minimum Gasteiger partial charge on any atom is -0.344 e. The Balaban J connectivity index is 2.10. The SMILES string of the molecule is CCCC1(C(NC(=O)c2cc(C)cc(C)c2)c2ccncc2)C(=O)NC(=O)NC1=O. The maximum Gasteiger partial charge on any atom is 0.328 e. The highest BCUT2D eigenvalue weighted by Crippen LogP contribution is 2.40. The number of imide groups is 2. The number of nitrogens with zero attached hydrogens (tertiary/aromatic N) is 1. The molecule has 30 heavy (non-hydrogen) atoms. The van der Waals surface area contributed by atoms with Crippen LogP contribution in [0.25, 0.3) is 0 Å². The molecule has 0 radical (unpaired) electrons. The van der Waals surface area contributed by atoms with E-state index < -0.39 is 35.2 Å². The van der Waals surface area contributed by atoms with Gasteiger partial charge in [-0.15, -0.1) is 0 Å². The predicted molar refractivity (Wildman–Crippen MR) is 109 cm³/mol. The Morgan fingerprint density at radius 1 is 1.03 bits per heavy atom. The van der Waals surface area contributed by atoms with Crippen LogP contribution < -0.4 is 16.0 Å². The second-order valence-electron chi connectivity index (χ2n) is 7.52. The van der Waals surface area contributed by atoms with Gasteiger partial charge in [0.2, 0.25) is 11.8 Å². The largest absolute Gasteiger partial charge is 0.344 e. The number of carbonyl (C=O) groups is 4. The molecule has 1 unspecified atom stereocenters. The van der Waals surface area contributed by atoms with Gasteiger partial charge in [0.15, 0.2) is 5.41 Å². The molecule has 156 valence electrons. The van der Waals surface area contributed by atoms with E-state index in [2.05, 4.69) is 20.9 Å². The van der Waals surface area contributed by atoms with Crippen molar-refractivity contribution in [3.63, 3.8) is 0 Å². The van der Waals surface area contributed by atoms with Gasteiger partial charge >= 0.3 is 6.03 Å². The highest BCUT2D eigenvalue weighted by atomic mass is 16.2. The van der Waals surface area contributed by atoms with Gasteiger partial charge in [0.05, 0.1) is 6.04 Å². The molecular formula is C22H24N4O4. The summed E-state index contributed by atoms with van der Waals surface area (Å²) >= 11 is 0. The third-order valence-electron chi connectivity index (χ3n) is 5.20. The first kappa shape index (κ1) is 21.2. The van der Waals surface area contributed by atoms with Crippen LogP contribution in [-0.4, -0.2) is 28.7 Å². The maximum atomic E-state index is 13.1. The van der Waals surface area contributed by atoms with E-state index in [0.717, 1.165) is 11.1 Å². The molecule has 1 aromatic heterocycles. The first-order chi connectivity index (χ1) is 14.3. The molecule has 0 aliphatic carbocycles. The van der Waals surface area contributed by atoms with E-state index in [9.17, 15) is 19.2 Å². The summed E-state index contributed by atoms with van der Waals surface area (Å²) in [6, 6.07) is 6.84. The molecule has 1 aliphatic rings. The number of rotatable bonds is 6. The fraction of sp³-hybridized carbons (Fsp3) is 0.318. The van der Waals surface area contributed by atoms with Crippen LogP contribution in [-0.2, 0) is 9.59 Å². The number of benzene rings is 1. The van der Waals surface area contributed by atoms with Crippen LogP contribution in [0.2, 0.25) is 0 Å². The quantitative estimate of drug-likeness (QED) is 0.634. The Labute approximate surface area is 174 Å². The fourth-order valence-electron chi connectivity index (χ4n) is 3.96. The number of nitrogens with one attached hydrogen (secondary N) is 3. The third-order valence-corrected chi connectivity index (χ3v) is 5.20. The van der Waals surface area contributed by atoms with Crippen molar-refractivity contribution in [3.8, 4) is 0 Å². The zero-order valence-corrected chi connectivity index (χ0v) is 17.1. The van der Waals surface area contributed by atoms with Gasteiger partial charge in [0, 0.05) is 18.0 Å². The van der Waals surface area contributed by atoms with Gasteiger partial charge in [-0.3, -0.25) is 30.0 Å². The Hall–Kier alpha value is -3.55. The molecule has 1 atom stereocenters. The lowest BCUT2D eigenvalue weighted by Crippen LogP contribution is -2.66. The predicted octanol–water partition coefficient (Wildman–Crippen LogP) is 2.32. The summed E-state index contributed by atoms with van der Waals surface area (Å²) in [7, 11) is 0. The summed E-state index contributed by atoms with van der Waals surface area (Å²) in [6.07, 6.45) is 3.66. The lowest BCUT2D eigenvalue weighted by atomic mass is 9.71. The third kappa shape index (κ3) is 3.94. The topological polar surface area (TPSA) is 117 Å². The number of urea groups is 1. The number of barbiturate groups is 1. The summed E-state index contributed by atoms with van der Waals surface area (Å²) in [4.78, 5) is 54.8. The van der Waals surface area contributed by atoms with Crippen molar-refractivity contribution in [2.45, 2.75) is 39.7 Å². The number of hydrogen-bond acceptors (Lipinski definition) is 5. The van der Waals surface area contributed by atoms with Crippen LogP contribution in [0.1, 0.15) is 52.9 Å². The number of hydrogen-bond donors (Lipinski definition) is 3. The molecule has 0 bridgehead atoms. The van der Waals surface area contributed by atoms with Crippen LogP contribution in [0.15, 0.2) is 42.7 Å². The Morgan fingerprint density at radius 2 is 1.60 bits per heavy atom. The van der Waals surface area contributed by atoms with Crippen LogP contribution >= 0.6 is 0 Å². The van der Waals surface area contributed by atoms with Gasteiger partial charge in [-0.1, -0.05) is 30.5 Å². The monoisotopic (exact) mass is 408 g/mol. The van der Waals surface area contributed by atoms with E-state index in [-0.39, 0.29) is 6.42 Å². The Morgan fingerprint density at radius 3 is 2.13 bits per heavy atom. The van der Waals surface area contributed by atoms with Crippen molar-refractivity contribution in [1.82, 2.24) is 20.9 Å².